The zero-order chi connectivity index (χ0) is 14.5. The van der Waals surface area contributed by atoms with Crippen LogP contribution in [0.4, 0.5) is 0 Å². The Hall–Kier alpha value is -2.68. The molecule has 0 aliphatic carbocycles. The van der Waals surface area contributed by atoms with Crippen LogP contribution in [-0.4, -0.2) is 15.3 Å². The Bertz CT molecular complexity index is 627. The van der Waals surface area contributed by atoms with Crippen molar-refractivity contribution in [2.45, 2.75) is 5.92 Å². The van der Waals surface area contributed by atoms with Gasteiger partial charge in [-0.2, -0.15) is 0 Å². The lowest BCUT2D eigenvalue weighted by Crippen LogP contribution is -1.90. The number of hydrogen-bond donors (Lipinski definition) is 3. The summed E-state index contributed by atoms with van der Waals surface area (Å²) in [6.45, 7) is 3.78. The van der Waals surface area contributed by atoms with E-state index in [0.717, 1.165) is 11.1 Å². The molecular formula is C17H16O3. The van der Waals surface area contributed by atoms with E-state index in [1.54, 1.807) is 36.4 Å². The molecule has 2 rings (SSSR count). The first-order valence-corrected chi connectivity index (χ1v) is 6.22. The van der Waals surface area contributed by atoms with Gasteiger partial charge in [0.05, 0.1) is 0 Å². The van der Waals surface area contributed by atoms with Gasteiger partial charge in [-0.1, -0.05) is 36.4 Å². The maximum absolute atomic E-state index is 9.52. The van der Waals surface area contributed by atoms with Crippen LogP contribution in [0, 0.1) is 0 Å². The Morgan fingerprint density at radius 1 is 0.900 bits per heavy atom. The topological polar surface area (TPSA) is 60.7 Å². The van der Waals surface area contributed by atoms with Crippen LogP contribution in [0.25, 0.3) is 6.08 Å². The van der Waals surface area contributed by atoms with Gasteiger partial charge in [0.1, 0.15) is 5.75 Å². The van der Waals surface area contributed by atoms with Gasteiger partial charge in [0, 0.05) is 5.92 Å². The van der Waals surface area contributed by atoms with Gasteiger partial charge in [0.25, 0.3) is 0 Å². The second-order valence-corrected chi connectivity index (χ2v) is 4.46. The number of benzene rings is 2. The first-order chi connectivity index (χ1) is 9.60. The van der Waals surface area contributed by atoms with Crippen LogP contribution in [0.1, 0.15) is 17.0 Å². The third-order valence-electron chi connectivity index (χ3n) is 3.03. The third-order valence-corrected chi connectivity index (χ3v) is 3.03. The second kappa shape index (κ2) is 5.97. The highest BCUT2D eigenvalue weighted by atomic mass is 16.3. The van der Waals surface area contributed by atoms with Crippen LogP contribution in [0.3, 0.4) is 0 Å². The summed E-state index contributed by atoms with van der Waals surface area (Å²) in [6, 6.07) is 11.6. The summed E-state index contributed by atoms with van der Waals surface area (Å²) in [7, 11) is 0. The molecule has 2 aromatic carbocycles. The Morgan fingerprint density at radius 2 is 1.60 bits per heavy atom. The Kier molecular flexibility index (Phi) is 4.11. The molecule has 0 aliphatic heterocycles. The molecule has 0 fully saturated rings. The molecule has 2 aromatic rings. The predicted octanol–water partition coefficient (Wildman–Crippen LogP) is 3.79. The van der Waals surface area contributed by atoms with Gasteiger partial charge in [-0.25, -0.2) is 0 Å². The minimum Gasteiger partial charge on any atom is -0.508 e. The summed E-state index contributed by atoms with van der Waals surface area (Å²) in [6.07, 6.45) is 5.60. The number of phenolic OH excluding ortho intramolecular Hbond substituents is 3. The molecule has 3 heteroatoms. The van der Waals surface area contributed by atoms with Crippen molar-refractivity contribution >= 4 is 6.08 Å². The Morgan fingerprint density at radius 3 is 2.20 bits per heavy atom. The number of allylic oxidation sites excluding steroid dienone is 2. The van der Waals surface area contributed by atoms with E-state index in [-0.39, 0.29) is 23.2 Å². The highest BCUT2D eigenvalue weighted by Crippen LogP contribution is 2.30. The van der Waals surface area contributed by atoms with Crippen LogP contribution in [-0.2, 0) is 0 Å². The molecule has 0 radical (unpaired) electrons. The molecule has 102 valence electrons. The zero-order valence-corrected chi connectivity index (χ0v) is 10.9. The molecule has 0 saturated heterocycles. The Labute approximate surface area is 117 Å². The molecule has 3 N–H and O–H groups in total. The van der Waals surface area contributed by atoms with E-state index in [1.807, 2.05) is 12.2 Å². The molecule has 20 heavy (non-hydrogen) atoms. The Balaban J connectivity index is 2.22. The SMILES string of the molecule is C=C[C@@H](/C=C\c1ccc(O)cc1)c1ccc(O)c(O)c1. The van der Waals surface area contributed by atoms with E-state index in [2.05, 4.69) is 6.58 Å². The van der Waals surface area contributed by atoms with E-state index in [9.17, 15) is 15.3 Å². The van der Waals surface area contributed by atoms with Gasteiger partial charge in [-0.05, 0) is 35.4 Å². The summed E-state index contributed by atoms with van der Waals surface area (Å²) in [5, 5.41) is 28.1. The smallest absolute Gasteiger partial charge is 0.157 e. The van der Waals surface area contributed by atoms with Gasteiger partial charge in [0.15, 0.2) is 11.5 Å². The van der Waals surface area contributed by atoms with Crippen molar-refractivity contribution in [3.8, 4) is 17.2 Å². The lowest BCUT2D eigenvalue weighted by atomic mass is 9.97. The molecule has 0 heterocycles. The molecule has 0 aliphatic rings. The van der Waals surface area contributed by atoms with E-state index in [4.69, 9.17) is 0 Å². The lowest BCUT2D eigenvalue weighted by Gasteiger charge is -2.09. The van der Waals surface area contributed by atoms with Gasteiger partial charge in [-0.3, -0.25) is 0 Å². The van der Waals surface area contributed by atoms with Crippen molar-refractivity contribution < 1.29 is 15.3 Å². The van der Waals surface area contributed by atoms with Gasteiger partial charge < -0.3 is 15.3 Å². The van der Waals surface area contributed by atoms with Crippen molar-refractivity contribution in [3.63, 3.8) is 0 Å². The van der Waals surface area contributed by atoms with Crippen molar-refractivity contribution in [1.82, 2.24) is 0 Å². The van der Waals surface area contributed by atoms with Crippen molar-refractivity contribution in [3.05, 3.63) is 72.3 Å². The van der Waals surface area contributed by atoms with Crippen molar-refractivity contribution in [2.24, 2.45) is 0 Å². The highest BCUT2D eigenvalue weighted by Gasteiger charge is 2.07. The predicted molar refractivity (Wildman–Crippen MR) is 79.9 cm³/mol. The van der Waals surface area contributed by atoms with Crippen molar-refractivity contribution in [1.29, 1.82) is 0 Å². The van der Waals surface area contributed by atoms with Crippen LogP contribution in [0.15, 0.2) is 61.2 Å². The molecule has 3 nitrogen and oxygen atoms in total. The summed E-state index contributed by atoms with van der Waals surface area (Å²) >= 11 is 0. The third kappa shape index (κ3) is 3.20. The minimum atomic E-state index is -0.146. The minimum absolute atomic E-state index is 0.0738. The van der Waals surface area contributed by atoms with Crippen LogP contribution in [0.5, 0.6) is 17.2 Å². The van der Waals surface area contributed by atoms with Crippen LogP contribution >= 0.6 is 0 Å². The maximum Gasteiger partial charge on any atom is 0.157 e. The molecule has 0 amide bonds. The highest BCUT2D eigenvalue weighted by molar-refractivity contribution is 5.53. The summed E-state index contributed by atoms with van der Waals surface area (Å²) in [4.78, 5) is 0. The quantitative estimate of drug-likeness (QED) is 0.584. The first kappa shape index (κ1) is 13.7. The van der Waals surface area contributed by atoms with Gasteiger partial charge >= 0.3 is 0 Å². The molecule has 0 saturated carbocycles. The standard InChI is InChI=1S/C17H16O3/c1-2-13(14-7-10-16(19)17(20)11-14)6-3-12-4-8-15(18)9-5-12/h2-11,13,18-20H,1H2/b6-3-/t13-/m0/s1. The number of rotatable bonds is 4. The largest absolute Gasteiger partial charge is 0.508 e. The summed E-state index contributed by atoms with van der Waals surface area (Å²) < 4.78 is 0. The first-order valence-electron chi connectivity index (χ1n) is 6.22. The molecule has 0 aromatic heterocycles. The normalized spacial score (nSPS) is 12.4. The van der Waals surface area contributed by atoms with Gasteiger partial charge in [-0.15, -0.1) is 6.58 Å². The average Bonchev–Trinajstić information content (AvgIpc) is 2.45. The number of aromatic hydroxyl groups is 3. The molecule has 1 atom stereocenters. The zero-order valence-electron chi connectivity index (χ0n) is 10.9. The number of hydrogen-bond acceptors (Lipinski definition) is 3. The second-order valence-electron chi connectivity index (χ2n) is 4.46. The van der Waals surface area contributed by atoms with E-state index >= 15 is 0 Å². The van der Waals surface area contributed by atoms with Crippen molar-refractivity contribution in [2.75, 3.05) is 0 Å². The summed E-state index contributed by atoms with van der Waals surface area (Å²) in [5.41, 5.74) is 1.79. The molecule has 0 bridgehead atoms. The van der Waals surface area contributed by atoms with E-state index in [1.165, 1.54) is 12.1 Å². The molecular weight excluding hydrogens is 252 g/mol. The fraction of sp³-hybridized carbons (Fsp3) is 0.0588. The van der Waals surface area contributed by atoms with Gasteiger partial charge in [0.2, 0.25) is 0 Å². The maximum atomic E-state index is 9.52. The van der Waals surface area contributed by atoms with Crippen LogP contribution < -0.4 is 0 Å². The van der Waals surface area contributed by atoms with Crippen LogP contribution in [0.2, 0.25) is 0 Å². The average molecular weight is 268 g/mol. The molecule has 0 unspecified atom stereocenters. The monoisotopic (exact) mass is 268 g/mol. The summed E-state index contributed by atoms with van der Waals surface area (Å²) in [5.74, 6) is -0.132. The van der Waals surface area contributed by atoms with E-state index < -0.39 is 0 Å². The lowest BCUT2D eigenvalue weighted by molar-refractivity contribution is 0.403. The van der Waals surface area contributed by atoms with E-state index in [0.29, 0.717) is 0 Å². The number of phenols is 3. The fourth-order valence-corrected chi connectivity index (χ4v) is 1.87. The molecule has 0 spiro atoms. The fourth-order valence-electron chi connectivity index (χ4n) is 1.87.